The topological polar surface area (TPSA) is 75.6 Å². The predicted octanol–water partition coefficient (Wildman–Crippen LogP) is 2.82. The van der Waals surface area contributed by atoms with Crippen molar-refractivity contribution in [3.8, 4) is 23.0 Å². The van der Waals surface area contributed by atoms with Crippen LogP contribution >= 0.6 is 0 Å². The van der Waals surface area contributed by atoms with Gasteiger partial charge in [-0.25, -0.2) is 9.79 Å². The number of methoxy groups -OCH3 is 2. The second-order valence-corrected chi connectivity index (χ2v) is 5.81. The Labute approximate surface area is 155 Å². The number of hydrogen-bond donors (Lipinski definition) is 0. The number of rotatable bonds is 4. The first-order valence-electron chi connectivity index (χ1n) is 8.32. The number of fused-ring (bicyclic) bond motifs is 1. The summed E-state index contributed by atoms with van der Waals surface area (Å²) < 4.78 is 26.9. The molecule has 7 nitrogen and oxygen atoms in total. The number of ether oxygens (including phenoxy) is 5. The fourth-order valence-electron chi connectivity index (χ4n) is 2.81. The van der Waals surface area contributed by atoms with E-state index < -0.39 is 5.97 Å². The van der Waals surface area contributed by atoms with Crippen molar-refractivity contribution < 1.29 is 28.5 Å². The number of esters is 1. The summed E-state index contributed by atoms with van der Waals surface area (Å²) in [6.07, 6.45) is 1.65. The van der Waals surface area contributed by atoms with E-state index in [2.05, 4.69) is 4.99 Å². The number of aliphatic imine (C=N–C) groups is 1. The Balaban J connectivity index is 1.64. The summed E-state index contributed by atoms with van der Waals surface area (Å²) in [5.41, 5.74) is 1.59. The number of benzene rings is 2. The van der Waals surface area contributed by atoms with E-state index in [1.807, 2.05) is 6.07 Å². The summed E-state index contributed by atoms with van der Waals surface area (Å²) in [5.74, 6) is 2.13. The molecule has 0 bridgehead atoms. The molecule has 0 N–H and O–H groups in total. The third-order valence-electron chi connectivity index (χ3n) is 4.12. The summed E-state index contributed by atoms with van der Waals surface area (Å²) in [7, 11) is 3.09. The zero-order chi connectivity index (χ0) is 18.8. The zero-order valence-corrected chi connectivity index (χ0v) is 14.9. The summed E-state index contributed by atoms with van der Waals surface area (Å²) in [5, 5.41) is 0. The molecule has 4 rings (SSSR count). The molecule has 7 heteroatoms. The van der Waals surface area contributed by atoms with Crippen molar-refractivity contribution in [2.75, 3.05) is 27.4 Å². The molecule has 0 radical (unpaired) electrons. The van der Waals surface area contributed by atoms with Crippen molar-refractivity contribution in [3.63, 3.8) is 0 Å². The minimum atomic E-state index is -0.519. The molecule has 0 amide bonds. The quantitative estimate of drug-likeness (QED) is 0.611. The molecule has 138 valence electrons. The minimum absolute atomic E-state index is 0.205. The Kier molecular flexibility index (Phi) is 4.42. The van der Waals surface area contributed by atoms with Crippen LogP contribution in [-0.2, 0) is 9.53 Å². The maximum absolute atomic E-state index is 12.2. The molecule has 2 aliphatic rings. The van der Waals surface area contributed by atoms with E-state index in [4.69, 9.17) is 23.7 Å². The van der Waals surface area contributed by atoms with E-state index in [0.717, 1.165) is 5.56 Å². The van der Waals surface area contributed by atoms with E-state index in [-0.39, 0.29) is 11.6 Å². The molecule has 2 heterocycles. The standard InChI is InChI=1S/C20H17NO6/c1-23-15-6-4-13(11-17(15)24-2)19-21-14(20(22)27-19)9-12-3-5-16-18(10-12)26-8-7-25-16/h3-6,9-11H,7-8H2,1-2H3/b14-9-. The Morgan fingerprint density at radius 3 is 2.52 bits per heavy atom. The van der Waals surface area contributed by atoms with Crippen LogP contribution < -0.4 is 18.9 Å². The van der Waals surface area contributed by atoms with E-state index in [1.165, 1.54) is 7.11 Å². The molecular formula is C20H17NO6. The SMILES string of the molecule is COc1ccc(C2=N/C(=C\c3ccc4c(c3)OCCO4)C(=O)O2)cc1OC. The van der Waals surface area contributed by atoms with Gasteiger partial charge in [-0.15, -0.1) is 0 Å². The van der Waals surface area contributed by atoms with Gasteiger partial charge in [-0.2, -0.15) is 0 Å². The maximum Gasteiger partial charge on any atom is 0.363 e. The molecule has 0 saturated heterocycles. The van der Waals surface area contributed by atoms with Crippen LogP contribution in [0.25, 0.3) is 6.08 Å². The van der Waals surface area contributed by atoms with Gasteiger partial charge in [-0.1, -0.05) is 6.07 Å². The molecule has 27 heavy (non-hydrogen) atoms. The lowest BCUT2D eigenvalue weighted by molar-refractivity contribution is -0.129. The highest BCUT2D eigenvalue weighted by atomic mass is 16.6. The number of carbonyl (C=O) groups excluding carboxylic acids is 1. The lowest BCUT2D eigenvalue weighted by Gasteiger charge is -2.18. The lowest BCUT2D eigenvalue weighted by atomic mass is 10.1. The number of cyclic esters (lactones) is 1. The van der Waals surface area contributed by atoms with Gasteiger partial charge in [0.2, 0.25) is 5.90 Å². The van der Waals surface area contributed by atoms with Crippen LogP contribution in [0.2, 0.25) is 0 Å². The van der Waals surface area contributed by atoms with Crippen molar-refractivity contribution >= 4 is 17.9 Å². The second-order valence-electron chi connectivity index (χ2n) is 5.81. The third kappa shape index (κ3) is 3.31. The van der Waals surface area contributed by atoms with Crippen molar-refractivity contribution in [2.45, 2.75) is 0 Å². The lowest BCUT2D eigenvalue weighted by Crippen LogP contribution is -2.15. The van der Waals surface area contributed by atoms with Crippen LogP contribution in [0, 0.1) is 0 Å². The summed E-state index contributed by atoms with van der Waals surface area (Å²) >= 11 is 0. The number of nitrogens with zero attached hydrogens (tertiary/aromatic N) is 1. The Hall–Kier alpha value is -3.48. The van der Waals surface area contributed by atoms with Crippen LogP contribution in [-0.4, -0.2) is 39.3 Å². The van der Waals surface area contributed by atoms with Crippen LogP contribution in [0.1, 0.15) is 11.1 Å². The van der Waals surface area contributed by atoms with Gasteiger partial charge in [-0.3, -0.25) is 0 Å². The average molecular weight is 367 g/mol. The van der Waals surface area contributed by atoms with Crippen molar-refractivity contribution in [2.24, 2.45) is 4.99 Å². The molecule has 0 aromatic heterocycles. The second kappa shape index (κ2) is 7.03. The van der Waals surface area contributed by atoms with Gasteiger partial charge in [0.15, 0.2) is 28.7 Å². The monoisotopic (exact) mass is 367 g/mol. The first kappa shape index (κ1) is 17.0. The summed E-state index contributed by atoms with van der Waals surface area (Å²) in [6, 6.07) is 10.6. The molecule has 2 aliphatic heterocycles. The normalized spacial score (nSPS) is 16.7. The van der Waals surface area contributed by atoms with E-state index in [0.29, 0.717) is 41.8 Å². The van der Waals surface area contributed by atoms with Crippen molar-refractivity contribution in [3.05, 3.63) is 53.2 Å². The molecule has 0 atom stereocenters. The van der Waals surface area contributed by atoms with E-state index in [9.17, 15) is 4.79 Å². The molecule has 0 saturated carbocycles. The minimum Gasteiger partial charge on any atom is -0.493 e. The largest absolute Gasteiger partial charge is 0.493 e. The smallest absolute Gasteiger partial charge is 0.363 e. The van der Waals surface area contributed by atoms with Gasteiger partial charge in [0.1, 0.15) is 13.2 Å². The average Bonchev–Trinajstić information content (AvgIpc) is 3.07. The fourth-order valence-corrected chi connectivity index (χ4v) is 2.81. The Morgan fingerprint density at radius 2 is 1.74 bits per heavy atom. The molecule has 0 fully saturated rings. The Bertz CT molecular complexity index is 963. The van der Waals surface area contributed by atoms with Gasteiger partial charge in [0.05, 0.1) is 14.2 Å². The number of hydrogen-bond acceptors (Lipinski definition) is 7. The predicted molar refractivity (Wildman–Crippen MR) is 97.6 cm³/mol. The van der Waals surface area contributed by atoms with Crippen LogP contribution in [0.4, 0.5) is 0 Å². The first-order valence-corrected chi connectivity index (χ1v) is 8.32. The van der Waals surface area contributed by atoms with Gasteiger partial charge >= 0.3 is 5.97 Å². The van der Waals surface area contributed by atoms with Gasteiger partial charge in [-0.05, 0) is 42.0 Å². The fraction of sp³-hybridized carbons (Fsp3) is 0.200. The van der Waals surface area contributed by atoms with Gasteiger partial charge in [0.25, 0.3) is 0 Å². The molecule has 0 spiro atoms. The van der Waals surface area contributed by atoms with Crippen LogP contribution in [0.5, 0.6) is 23.0 Å². The van der Waals surface area contributed by atoms with Gasteiger partial charge in [0, 0.05) is 5.56 Å². The highest BCUT2D eigenvalue weighted by Crippen LogP contribution is 2.32. The highest BCUT2D eigenvalue weighted by molar-refractivity contribution is 6.13. The van der Waals surface area contributed by atoms with E-state index in [1.54, 1.807) is 43.5 Å². The van der Waals surface area contributed by atoms with Crippen LogP contribution in [0.3, 0.4) is 0 Å². The van der Waals surface area contributed by atoms with Crippen LogP contribution in [0.15, 0.2) is 47.1 Å². The molecule has 2 aromatic rings. The molecular weight excluding hydrogens is 350 g/mol. The Morgan fingerprint density at radius 1 is 0.963 bits per heavy atom. The summed E-state index contributed by atoms with van der Waals surface area (Å²) in [6.45, 7) is 1.02. The molecule has 0 aliphatic carbocycles. The van der Waals surface area contributed by atoms with Crippen molar-refractivity contribution in [1.82, 2.24) is 0 Å². The highest BCUT2D eigenvalue weighted by Gasteiger charge is 2.25. The maximum atomic E-state index is 12.2. The molecule has 2 aromatic carbocycles. The summed E-state index contributed by atoms with van der Waals surface area (Å²) in [4.78, 5) is 16.5. The third-order valence-corrected chi connectivity index (χ3v) is 4.12. The van der Waals surface area contributed by atoms with Gasteiger partial charge < -0.3 is 23.7 Å². The first-order chi connectivity index (χ1) is 13.2. The number of carbonyl (C=O) groups is 1. The van der Waals surface area contributed by atoms with E-state index >= 15 is 0 Å². The molecule has 0 unspecified atom stereocenters. The zero-order valence-electron chi connectivity index (χ0n) is 14.9. The van der Waals surface area contributed by atoms with Crippen molar-refractivity contribution in [1.29, 1.82) is 0 Å².